The fourth-order valence-corrected chi connectivity index (χ4v) is 3.67. The third-order valence-electron chi connectivity index (χ3n) is 5.17. The van der Waals surface area contributed by atoms with Crippen molar-refractivity contribution in [1.29, 1.82) is 0 Å². The average molecular weight is 451 g/mol. The predicted molar refractivity (Wildman–Crippen MR) is 109 cm³/mol. The average Bonchev–Trinajstić information content (AvgIpc) is 2.99. The maximum absolute atomic E-state index is 11.9. The van der Waals surface area contributed by atoms with E-state index in [4.69, 9.17) is 9.73 Å². The molecule has 2 rings (SSSR count). The number of ether oxygens (including phenoxy) is 1. The first-order valence-corrected chi connectivity index (χ1v) is 9.28. The molecule has 1 aliphatic heterocycles. The van der Waals surface area contributed by atoms with Crippen molar-refractivity contribution in [3.63, 3.8) is 0 Å². The summed E-state index contributed by atoms with van der Waals surface area (Å²) in [6.45, 7) is 10.4. The second kappa shape index (κ2) is 10.5. The Bertz CT molecular complexity index is 414. The number of guanidine groups is 1. The topological polar surface area (TPSA) is 53.9 Å². The maximum Gasteiger partial charge on any atom is 0.309 e. The zero-order valence-corrected chi connectivity index (χ0v) is 17.8. The smallest absolute Gasteiger partial charge is 0.309 e. The number of hydrogen-bond donors (Lipinski definition) is 1. The number of halogens is 1. The molecular weight excluding hydrogens is 417 g/mol. The van der Waals surface area contributed by atoms with Gasteiger partial charge < -0.3 is 15.0 Å². The summed E-state index contributed by atoms with van der Waals surface area (Å²) in [7, 11) is 0. The molecule has 1 aliphatic carbocycles. The van der Waals surface area contributed by atoms with Crippen molar-refractivity contribution in [2.75, 3.05) is 32.8 Å². The molecule has 2 fully saturated rings. The number of aliphatic imine (C=N–C) groups is 1. The van der Waals surface area contributed by atoms with Gasteiger partial charge in [0.15, 0.2) is 5.96 Å². The van der Waals surface area contributed by atoms with E-state index in [-0.39, 0.29) is 35.9 Å². The van der Waals surface area contributed by atoms with Crippen LogP contribution in [0.5, 0.6) is 0 Å². The molecule has 1 saturated carbocycles. The molecule has 0 amide bonds. The van der Waals surface area contributed by atoms with E-state index in [0.29, 0.717) is 12.0 Å². The Morgan fingerprint density at radius 1 is 1.25 bits per heavy atom. The summed E-state index contributed by atoms with van der Waals surface area (Å²) < 4.78 is 5.15. The number of hydrogen-bond acceptors (Lipinski definition) is 3. The van der Waals surface area contributed by atoms with Gasteiger partial charge in [0.25, 0.3) is 0 Å². The summed E-state index contributed by atoms with van der Waals surface area (Å²) in [5, 5.41) is 3.42. The van der Waals surface area contributed by atoms with Gasteiger partial charge in [-0.2, -0.15) is 0 Å². The highest BCUT2D eigenvalue weighted by Crippen LogP contribution is 2.37. The number of piperidine rings is 1. The van der Waals surface area contributed by atoms with Gasteiger partial charge in [-0.1, -0.05) is 19.8 Å². The van der Waals surface area contributed by atoms with Gasteiger partial charge in [0, 0.05) is 26.2 Å². The van der Waals surface area contributed by atoms with Gasteiger partial charge in [0.1, 0.15) is 0 Å². The van der Waals surface area contributed by atoms with E-state index in [0.717, 1.165) is 45.0 Å². The van der Waals surface area contributed by atoms with Crippen molar-refractivity contribution in [1.82, 2.24) is 10.2 Å². The van der Waals surface area contributed by atoms with Crippen LogP contribution in [0.3, 0.4) is 0 Å². The molecule has 2 aliphatic rings. The summed E-state index contributed by atoms with van der Waals surface area (Å²) >= 11 is 0. The zero-order valence-electron chi connectivity index (χ0n) is 15.5. The third-order valence-corrected chi connectivity index (χ3v) is 5.17. The van der Waals surface area contributed by atoms with Crippen LogP contribution in [0, 0.1) is 11.3 Å². The fraction of sp³-hybridized carbons (Fsp3) is 0.889. The summed E-state index contributed by atoms with van der Waals surface area (Å²) in [6.07, 6.45) is 6.99. The number of nitrogens with zero attached hydrogens (tertiary/aromatic N) is 2. The Morgan fingerprint density at radius 2 is 1.88 bits per heavy atom. The van der Waals surface area contributed by atoms with Gasteiger partial charge >= 0.3 is 5.97 Å². The van der Waals surface area contributed by atoms with Crippen molar-refractivity contribution in [3.8, 4) is 0 Å². The molecule has 0 unspecified atom stereocenters. The summed E-state index contributed by atoms with van der Waals surface area (Å²) in [5.41, 5.74) is 0.379. The van der Waals surface area contributed by atoms with Crippen LogP contribution in [-0.4, -0.2) is 49.6 Å². The lowest BCUT2D eigenvalue weighted by atomic mass is 9.89. The quantitative estimate of drug-likeness (QED) is 0.301. The van der Waals surface area contributed by atoms with Gasteiger partial charge in [-0.25, -0.2) is 0 Å². The normalized spacial score (nSPS) is 21.3. The molecule has 0 bridgehead atoms. The van der Waals surface area contributed by atoms with E-state index in [1.54, 1.807) is 0 Å². The first kappa shape index (κ1) is 21.5. The molecule has 1 saturated heterocycles. The lowest BCUT2D eigenvalue weighted by Gasteiger charge is -2.34. The van der Waals surface area contributed by atoms with Gasteiger partial charge in [-0.05, 0) is 44.9 Å². The highest BCUT2D eigenvalue weighted by Gasteiger charge is 2.30. The van der Waals surface area contributed by atoms with Crippen molar-refractivity contribution in [2.45, 2.75) is 59.3 Å². The van der Waals surface area contributed by atoms with E-state index in [2.05, 4.69) is 24.1 Å². The van der Waals surface area contributed by atoms with E-state index in [9.17, 15) is 4.79 Å². The Labute approximate surface area is 164 Å². The largest absolute Gasteiger partial charge is 0.466 e. The lowest BCUT2D eigenvalue weighted by molar-refractivity contribution is -0.149. The minimum atomic E-state index is -0.0347. The minimum absolute atomic E-state index is 0. The highest BCUT2D eigenvalue weighted by molar-refractivity contribution is 14.0. The van der Waals surface area contributed by atoms with Gasteiger partial charge in [-0.3, -0.25) is 9.79 Å². The monoisotopic (exact) mass is 451 g/mol. The number of nitrogens with one attached hydrogen (secondary N) is 1. The first-order chi connectivity index (χ1) is 11.1. The molecule has 5 nitrogen and oxygen atoms in total. The third kappa shape index (κ3) is 6.08. The molecule has 6 heteroatoms. The molecule has 0 radical (unpaired) electrons. The first-order valence-electron chi connectivity index (χ1n) is 9.28. The van der Waals surface area contributed by atoms with Crippen LogP contribution in [0.2, 0.25) is 0 Å². The Hall–Kier alpha value is -0.530. The maximum atomic E-state index is 11.9. The Kier molecular flexibility index (Phi) is 9.37. The van der Waals surface area contributed by atoms with E-state index >= 15 is 0 Å². The van der Waals surface area contributed by atoms with Crippen molar-refractivity contribution in [2.24, 2.45) is 16.3 Å². The molecule has 0 aromatic rings. The van der Waals surface area contributed by atoms with Crippen LogP contribution in [0.4, 0.5) is 0 Å². The van der Waals surface area contributed by atoms with Gasteiger partial charge in [0.05, 0.1) is 12.5 Å². The predicted octanol–water partition coefficient (Wildman–Crippen LogP) is 3.43. The molecule has 0 aromatic heterocycles. The molecule has 1 heterocycles. The number of carbonyl (C=O) groups is 1. The van der Waals surface area contributed by atoms with E-state index in [1.165, 1.54) is 25.7 Å². The van der Waals surface area contributed by atoms with Crippen LogP contribution < -0.4 is 5.32 Å². The zero-order chi connectivity index (χ0) is 16.7. The highest BCUT2D eigenvalue weighted by atomic mass is 127. The van der Waals surface area contributed by atoms with Crippen molar-refractivity contribution in [3.05, 3.63) is 0 Å². The standard InChI is InChI=1S/C18H33N3O2.HI/c1-4-19-17(20-14-18(3)10-6-7-11-18)21-12-8-15(9-13-21)16(22)23-5-2;/h15H,4-14H2,1-3H3,(H,19,20);1H. The molecule has 0 aromatic carbocycles. The van der Waals surface area contributed by atoms with Crippen LogP contribution >= 0.6 is 24.0 Å². The Balaban J connectivity index is 0.00000288. The summed E-state index contributed by atoms with van der Waals surface area (Å²) in [5.74, 6) is 1.04. The van der Waals surface area contributed by atoms with E-state index < -0.39 is 0 Å². The van der Waals surface area contributed by atoms with Gasteiger partial charge in [0.2, 0.25) is 0 Å². The lowest BCUT2D eigenvalue weighted by Crippen LogP contribution is -2.47. The van der Waals surface area contributed by atoms with E-state index in [1.807, 2.05) is 6.92 Å². The SMILES string of the molecule is CCNC(=NCC1(C)CCCC1)N1CCC(C(=O)OCC)CC1.I. The van der Waals surface area contributed by atoms with Crippen molar-refractivity contribution >= 4 is 35.9 Å². The van der Waals surface area contributed by atoms with Crippen LogP contribution in [-0.2, 0) is 9.53 Å². The summed E-state index contributed by atoms with van der Waals surface area (Å²) in [4.78, 5) is 19.1. The molecule has 1 N–H and O–H groups in total. The second-order valence-corrected chi connectivity index (χ2v) is 7.20. The number of likely N-dealkylation sites (tertiary alicyclic amines) is 1. The number of esters is 1. The molecule has 140 valence electrons. The molecule has 0 spiro atoms. The minimum Gasteiger partial charge on any atom is -0.466 e. The van der Waals surface area contributed by atoms with Crippen LogP contribution in [0.1, 0.15) is 59.3 Å². The van der Waals surface area contributed by atoms with Crippen LogP contribution in [0.25, 0.3) is 0 Å². The second-order valence-electron chi connectivity index (χ2n) is 7.20. The summed E-state index contributed by atoms with van der Waals surface area (Å²) in [6, 6.07) is 0. The number of carbonyl (C=O) groups excluding carboxylic acids is 1. The molecule has 24 heavy (non-hydrogen) atoms. The van der Waals surface area contributed by atoms with Gasteiger partial charge in [-0.15, -0.1) is 24.0 Å². The van der Waals surface area contributed by atoms with Crippen LogP contribution in [0.15, 0.2) is 4.99 Å². The van der Waals surface area contributed by atoms with Crippen molar-refractivity contribution < 1.29 is 9.53 Å². The number of rotatable bonds is 5. The molecular formula is C18H34IN3O2. The molecule has 0 atom stereocenters. The fourth-order valence-electron chi connectivity index (χ4n) is 3.67. The Morgan fingerprint density at radius 3 is 2.42 bits per heavy atom.